The summed E-state index contributed by atoms with van der Waals surface area (Å²) in [4.78, 5) is 3.76. The average Bonchev–Trinajstić information content (AvgIpc) is 2.10. The summed E-state index contributed by atoms with van der Waals surface area (Å²) in [6.45, 7) is 0. The van der Waals surface area contributed by atoms with E-state index < -0.39 is 0 Å². The lowest BCUT2D eigenvalue weighted by molar-refractivity contribution is 0.403. The van der Waals surface area contributed by atoms with Crippen LogP contribution in [-0.4, -0.2) is 23.5 Å². The number of aliphatic imine (C=N–C) groups is 1. The number of phenolic OH excluding ortho intramolecular Hbond substituents is 2. The number of nitrogens with zero attached hydrogens (tertiary/aromatic N) is 1. The molecule has 0 fully saturated rings. The van der Waals surface area contributed by atoms with Crippen LogP contribution in [0.5, 0.6) is 11.5 Å². The summed E-state index contributed by atoms with van der Waals surface area (Å²) < 4.78 is 0. The Balaban J connectivity index is 2.96. The molecule has 0 amide bonds. The molecule has 13 heavy (non-hydrogen) atoms. The average molecular weight is 200 g/mol. The predicted octanol–water partition coefficient (Wildman–Crippen LogP) is 2.08. The van der Waals surface area contributed by atoms with E-state index in [9.17, 15) is 0 Å². The molecular formula is C9H10ClNO2. The number of aromatic hydroxyl groups is 2. The van der Waals surface area contributed by atoms with Crippen molar-refractivity contribution in [3.05, 3.63) is 23.8 Å². The third kappa shape index (κ3) is 2.36. The third-order valence-electron chi connectivity index (χ3n) is 1.60. The van der Waals surface area contributed by atoms with Gasteiger partial charge in [0.05, 0.1) is 5.38 Å². The highest BCUT2D eigenvalue weighted by atomic mass is 35.5. The van der Waals surface area contributed by atoms with Gasteiger partial charge < -0.3 is 10.2 Å². The maximum absolute atomic E-state index is 9.16. The van der Waals surface area contributed by atoms with Crippen molar-refractivity contribution in [1.29, 1.82) is 0 Å². The largest absolute Gasteiger partial charge is 0.504 e. The molecule has 0 aromatic heterocycles. The predicted molar refractivity (Wildman–Crippen MR) is 52.8 cm³/mol. The van der Waals surface area contributed by atoms with Crippen LogP contribution in [0.3, 0.4) is 0 Å². The lowest BCUT2D eigenvalue weighted by atomic mass is 10.1. The summed E-state index contributed by atoms with van der Waals surface area (Å²) in [6.07, 6.45) is 1.55. The van der Waals surface area contributed by atoms with Crippen LogP contribution in [0, 0.1) is 0 Å². The van der Waals surface area contributed by atoms with Crippen molar-refractivity contribution >= 4 is 17.8 Å². The maximum Gasteiger partial charge on any atom is 0.157 e. The normalized spacial score (nSPS) is 13.4. The van der Waals surface area contributed by atoms with E-state index in [1.807, 2.05) is 0 Å². The van der Waals surface area contributed by atoms with Gasteiger partial charge in [-0.05, 0) is 17.7 Å². The molecule has 1 unspecified atom stereocenters. The van der Waals surface area contributed by atoms with Crippen LogP contribution in [0.4, 0.5) is 0 Å². The molecule has 0 aliphatic carbocycles. The van der Waals surface area contributed by atoms with Gasteiger partial charge in [0.15, 0.2) is 11.5 Å². The van der Waals surface area contributed by atoms with Gasteiger partial charge in [0.1, 0.15) is 0 Å². The second-order valence-electron chi connectivity index (χ2n) is 2.56. The Kier molecular flexibility index (Phi) is 3.14. The zero-order valence-corrected chi connectivity index (χ0v) is 7.86. The Labute approximate surface area is 81.3 Å². The van der Waals surface area contributed by atoms with Gasteiger partial charge in [-0.15, -0.1) is 11.6 Å². The Bertz CT molecular complexity index is 325. The Morgan fingerprint density at radius 2 is 2.08 bits per heavy atom. The molecule has 70 valence electrons. The summed E-state index contributed by atoms with van der Waals surface area (Å²) in [7, 11) is 1.62. The monoisotopic (exact) mass is 199 g/mol. The number of hydrogen-bond acceptors (Lipinski definition) is 3. The van der Waals surface area contributed by atoms with Crippen molar-refractivity contribution in [2.45, 2.75) is 5.38 Å². The smallest absolute Gasteiger partial charge is 0.157 e. The standard InChI is InChI=1S/C9H10ClNO2/c1-11-5-7(10)6-2-3-8(12)9(13)4-6/h2-5,7,12-13H,1H3. The van der Waals surface area contributed by atoms with Gasteiger partial charge in [0.25, 0.3) is 0 Å². The van der Waals surface area contributed by atoms with Gasteiger partial charge in [-0.25, -0.2) is 0 Å². The molecule has 3 nitrogen and oxygen atoms in total. The molecule has 1 aromatic carbocycles. The lowest BCUT2D eigenvalue weighted by Gasteiger charge is -2.04. The van der Waals surface area contributed by atoms with Crippen LogP contribution in [0.15, 0.2) is 23.2 Å². The van der Waals surface area contributed by atoms with Gasteiger partial charge in [0.2, 0.25) is 0 Å². The van der Waals surface area contributed by atoms with Crippen LogP contribution in [-0.2, 0) is 0 Å². The SMILES string of the molecule is CN=CC(Cl)c1ccc(O)c(O)c1. The van der Waals surface area contributed by atoms with Crippen molar-refractivity contribution in [3.8, 4) is 11.5 Å². The van der Waals surface area contributed by atoms with Crippen molar-refractivity contribution in [2.24, 2.45) is 4.99 Å². The van der Waals surface area contributed by atoms with Gasteiger partial charge in [0, 0.05) is 13.3 Å². The molecule has 0 saturated heterocycles. The van der Waals surface area contributed by atoms with E-state index in [2.05, 4.69) is 4.99 Å². The van der Waals surface area contributed by atoms with E-state index in [-0.39, 0.29) is 16.9 Å². The maximum atomic E-state index is 9.16. The van der Waals surface area contributed by atoms with Crippen LogP contribution >= 0.6 is 11.6 Å². The molecule has 0 spiro atoms. The molecule has 0 bridgehead atoms. The van der Waals surface area contributed by atoms with E-state index in [4.69, 9.17) is 21.8 Å². The first-order valence-electron chi connectivity index (χ1n) is 3.73. The first-order valence-corrected chi connectivity index (χ1v) is 4.17. The fourth-order valence-electron chi connectivity index (χ4n) is 0.929. The van der Waals surface area contributed by atoms with Crippen molar-refractivity contribution in [2.75, 3.05) is 7.05 Å². The number of benzene rings is 1. The molecule has 0 heterocycles. The second-order valence-corrected chi connectivity index (χ2v) is 3.03. The summed E-state index contributed by atoms with van der Waals surface area (Å²) in [5.41, 5.74) is 0.697. The first kappa shape index (κ1) is 9.86. The number of halogens is 1. The minimum Gasteiger partial charge on any atom is -0.504 e. The zero-order chi connectivity index (χ0) is 9.84. The summed E-state index contributed by atoms with van der Waals surface area (Å²) >= 11 is 5.89. The van der Waals surface area contributed by atoms with Crippen molar-refractivity contribution in [1.82, 2.24) is 0 Å². The zero-order valence-electron chi connectivity index (χ0n) is 7.11. The number of hydrogen-bond donors (Lipinski definition) is 2. The fraction of sp³-hybridized carbons (Fsp3) is 0.222. The van der Waals surface area contributed by atoms with E-state index in [0.717, 1.165) is 0 Å². The number of alkyl halides is 1. The van der Waals surface area contributed by atoms with Crippen LogP contribution in [0.1, 0.15) is 10.9 Å². The van der Waals surface area contributed by atoms with Crippen LogP contribution < -0.4 is 0 Å². The Hall–Kier alpha value is -1.22. The molecule has 0 aliphatic rings. The van der Waals surface area contributed by atoms with E-state index in [1.54, 1.807) is 19.3 Å². The first-order chi connectivity index (χ1) is 6.15. The third-order valence-corrected chi connectivity index (χ3v) is 1.96. The second kappa shape index (κ2) is 4.14. The molecule has 0 aliphatic heterocycles. The van der Waals surface area contributed by atoms with Crippen LogP contribution in [0.25, 0.3) is 0 Å². The Morgan fingerprint density at radius 3 is 2.62 bits per heavy atom. The molecule has 1 aromatic rings. The van der Waals surface area contributed by atoms with E-state index in [0.29, 0.717) is 5.56 Å². The van der Waals surface area contributed by atoms with Crippen molar-refractivity contribution < 1.29 is 10.2 Å². The summed E-state index contributed by atoms with van der Waals surface area (Å²) in [5.74, 6) is -0.325. The highest BCUT2D eigenvalue weighted by Gasteiger charge is 2.07. The highest BCUT2D eigenvalue weighted by Crippen LogP contribution is 2.29. The minimum atomic E-state index is -0.378. The lowest BCUT2D eigenvalue weighted by Crippen LogP contribution is -1.90. The van der Waals surface area contributed by atoms with E-state index in [1.165, 1.54) is 12.1 Å². The molecular weight excluding hydrogens is 190 g/mol. The van der Waals surface area contributed by atoms with Gasteiger partial charge in [-0.1, -0.05) is 6.07 Å². The molecule has 0 saturated carbocycles. The fourth-order valence-corrected chi connectivity index (χ4v) is 1.18. The van der Waals surface area contributed by atoms with E-state index >= 15 is 0 Å². The van der Waals surface area contributed by atoms with Gasteiger partial charge in [-0.2, -0.15) is 0 Å². The van der Waals surface area contributed by atoms with Crippen molar-refractivity contribution in [3.63, 3.8) is 0 Å². The minimum absolute atomic E-state index is 0.152. The molecule has 2 N–H and O–H groups in total. The molecule has 1 rings (SSSR count). The van der Waals surface area contributed by atoms with Gasteiger partial charge in [-0.3, -0.25) is 4.99 Å². The van der Waals surface area contributed by atoms with Crippen LogP contribution in [0.2, 0.25) is 0 Å². The topological polar surface area (TPSA) is 52.8 Å². The highest BCUT2D eigenvalue weighted by molar-refractivity contribution is 6.28. The summed E-state index contributed by atoms with van der Waals surface area (Å²) in [5, 5.41) is 17.8. The quantitative estimate of drug-likeness (QED) is 0.435. The molecule has 0 radical (unpaired) electrons. The number of rotatable bonds is 2. The Morgan fingerprint density at radius 1 is 1.38 bits per heavy atom. The number of phenols is 2. The summed E-state index contributed by atoms with van der Waals surface area (Å²) in [6, 6.07) is 4.44. The molecule has 1 atom stereocenters. The molecule has 4 heteroatoms. The van der Waals surface area contributed by atoms with Gasteiger partial charge >= 0.3 is 0 Å².